The van der Waals surface area contributed by atoms with Gasteiger partial charge in [-0.05, 0) is 59.2 Å². The highest BCUT2D eigenvalue weighted by Crippen LogP contribution is 2.34. The molecule has 0 bridgehead atoms. The third-order valence-corrected chi connectivity index (χ3v) is 6.73. The first kappa shape index (κ1) is 23.7. The standard InChI is InChI=1S/C26H20FN7O3S/c1-38(36,37)31-10-14-4-15(6-17(27)5-14)19-2-3-29-26-20(19)8-23(32-26)25-21-9-22(30-13-24(21)33-34-25)16-7-18(35)12-28-11-16/h2-9,11-13,31,35H,10H2,1H3,(H,29,32)(H,33,34). The Balaban J connectivity index is 1.43. The molecule has 0 radical (unpaired) electrons. The van der Waals surface area contributed by atoms with Crippen LogP contribution in [-0.4, -0.2) is 49.9 Å². The number of aromatic amines is 2. The lowest BCUT2D eigenvalue weighted by Crippen LogP contribution is -2.21. The van der Waals surface area contributed by atoms with Crippen LogP contribution in [0.3, 0.4) is 0 Å². The maximum atomic E-state index is 14.5. The Morgan fingerprint density at radius 3 is 2.68 bits per heavy atom. The van der Waals surface area contributed by atoms with E-state index in [4.69, 9.17) is 0 Å². The molecule has 190 valence electrons. The topological polar surface area (TPSA) is 150 Å². The second-order valence-corrected chi connectivity index (χ2v) is 10.7. The third kappa shape index (κ3) is 4.58. The summed E-state index contributed by atoms with van der Waals surface area (Å²) in [6.45, 7) is -0.0272. The zero-order chi connectivity index (χ0) is 26.4. The van der Waals surface area contributed by atoms with Gasteiger partial charge in [-0.2, -0.15) is 5.10 Å². The summed E-state index contributed by atoms with van der Waals surface area (Å²) in [6.07, 6.45) is 7.31. The van der Waals surface area contributed by atoms with Crippen molar-refractivity contribution in [3.8, 4) is 39.5 Å². The Bertz CT molecular complexity index is 1950. The van der Waals surface area contributed by atoms with E-state index in [1.807, 2.05) is 12.1 Å². The number of pyridine rings is 3. The van der Waals surface area contributed by atoms with Crippen molar-refractivity contribution in [3.05, 3.63) is 78.6 Å². The molecular formula is C26H20FN7O3S. The number of sulfonamides is 1. The van der Waals surface area contributed by atoms with E-state index < -0.39 is 15.8 Å². The first-order valence-corrected chi connectivity index (χ1v) is 13.3. The maximum absolute atomic E-state index is 14.5. The average Bonchev–Trinajstić information content (AvgIpc) is 3.50. The number of aromatic nitrogens is 6. The maximum Gasteiger partial charge on any atom is 0.209 e. The molecule has 12 heteroatoms. The smallest absolute Gasteiger partial charge is 0.209 e. The van der Waals surface area contributed by atoms with Gasteiger partial charge in [0.2, 0.25) is 10.0 Å². The van der Waals surface area contributed by atoms with Crippen LogP contribution in [0.4, 0.5) is 4.39 Å². The highest BCUT2D eigenvalue weighted by Gasteiger charge is 2.16. The van der Waals surface area contributed by atoms with Crippen molar-refractivity contribution in [3.63, 3.8) is 0 Å². The molecule has 0 aliphatic heterocycles. The zero-order valence-corrected chi connectivity index (χ0v) is 20.7. The van der Waals surface area contributed by atoms with E-state index >= 15 is 0 Å². The van der Waals surface area contributed by atoms with Gasteiger partial charge in [0.15, 0.2) is 0 Å². The van der Waals surface area contributed by atoms with Crippen molar-refractivity contribution in [2.24, 2.45) is 0 Å². The van der Waals surface area contributed by atoms with Gasteiger partial charge < -0.3 is 10.1 Å². The molecule has 6 aromatic rings. The Kier molecular flexibility index (Phi) is 5.62. The third-order valence-electron chi connectivity index (χ3n) is 6.06. The Morgan fingerprint density at radius 1 is 1.00 bits per heavy atom. The first-order valence-electron chi connectivity index (χ1n) is 11.4. The van der Waals surface area contributed by atoms with Crippen molar-refractivity contribution < 1.29 is 17.9 Å². The second-order valence-electron chi connectivity index (χ2n) is 8.86. The van der Waals surface area contributed by atoms with Gasteiger partial charge in [0.1, 0.15) is 22.9 Å². The quantitative estimate of drug-likeness (QED) is 0.253. The van der Waals surface area contributed by atoms with Crippen molar-refractivity contribution in [2.75, 3.05) is 6.26 Å². The van der Waals surface area contributed by atoms with Gasteiger partial charge in [-0.1, -0.05) is 0 Å². The summed E-state index contributed by atoms with van der Waals surface area (Å²) in [7, 11) is -3.43. The molecule has 5 aromatic heterocycles. The summed E-state index contributed by atoms with van der Waals surface area (Å²) in [5.41, 5.74) is 5.71. The summed E-state index contributed by atoms with van der Waals surface area (Å²) < 4.78 is 39.9. The SMILES string of the molecule is CS(=O)(=O)NCc1cc(F)cc(-c2ccnc3[nH]c(-c4n[nH]c5cnc(-c6cncc(O)c6)cc45)cc23)c1. The molecule has 38 heavy (non-hydrogen) atoms. The first-order chi connectivity index (χ1) is 18.2. The molecule has 0 fully saturated rings. The molecule has 10 nitrogen and oxygen atoms in total. The van der Waals surface area contributed by atoms with Gasteiger partial charge in [-0.3, -0.25) is 15.1 Å². The highest BCUT2D eigenvalue weighted by molar-refractivity contribution is 7.88. The van der Waals surface area contributed by atoms with Crippen LogP contribution in [0.1, 0.15) is 5.56 Å². The van der Waals surface area contributed by atoms with Gasteiger partial charge >= 0.3 is 0 Å². The molecule has 0 aliphatic carbocycles. The van der Waals surface area contributed by atoms with E-state index in [-0.39, 0.29) is 12.3 Å². The molecule has 0 aliphatic rings. The summed E-state index contributed by atoms with van der Waals surface area (Å²) in [5, 5.41) is 18.8. The lowest BCUT2D eigenvalue weighted by molar-refractivity contribution is 0.473. The molecule has 0 saturated carbocycles. The lowest BCUT2D eigenvalue weighted by Gasteiger charge is -2.08. The van der Waals surface area contributed by atoms with Crippen LogP contribution >= 0.6 is 0 Å². The molecule has 4 N–H and O–H groups in total. The van der Waals surface area contributed by atoms with Crippen LogP contribution in [0.2, 0.25) is 0 Å². The number of hydrogen-bond donors (Lipinski definition) is 4. The van der Waals surface area contributed by atoms with Gasteiger partial charge in [-0.25, -0.2) is 22.5 Å². The van der Waals surface area contributed by atoms with Crippen molar-refractivity contribution in [1.82, 2.24) is 34.9 Å². The van der Waals surface area contributed by atoms with E-state index in [2.05, 4.69) is 34.9 Å². The van der Waals surface area contributed by atoms with E-state index in [9.17, 15) is 17.9 Å². The molecule has 5 heterocycles. The lowest BCUT2D eigenvalue weighted by atomic mass is 10.0. The van der Waals surface area contributed by atoms with Crippen molar-refractivity contribution >= 4 is 32.0 Å². The number of H-pyrrole nitrogens is 2. The van der Waals surface area contributed by atoms with Crippen LogP contribution in [0, 0.1) is 5.82 Å². The van der Waals surface area contributed by atoms with E-state index in [1.54, 1.807) is 36.8 Å². The predicted molar refractivity (Wildman–Crippen MR) is 141 cm³/mol. The number of nitrogens with zero attached hydrogens (tertiary/aromatic N) is 4. The fraction of sp³-hybridized carbons (Fsp3) is 0.0769. The second kappa shape index (κ2) is 9.01. The number of hydrogen-bond acceptors (Lipinski definition) is 7. The van der Waals surface area contributed by atoms with E-state index in [1.165, 1.54) is 18.3 Å². The Hall–Kier alpha value is -4.68. The van der Waals surface area contributed by atoms with Gasteiger partial charge in [-0.15, -0.1) is 0 Å². The van der Waals surface area contributed by atoms with E-state index in [0.29, 0.717) is 39.4 Å². The number of fused-ring (bicyclic) bond motifs is 2. The minimum Gasteiger partial charge on any atom is -0.506 e. The normalized spacial score (nSPS) is 11.9. The molecule has 0 amide bonds. The summed E-state index contributed by atoms with van der Waals surface area (Å²) >= 11 is 0. The van der Waals surface area contributed by atoms with Crippen molar-refractivity contribution in [1.29, 1.82) is 0 Å². The number of nitrogens with one attached hydrogen (secondary N) is 3. The van der Waals surface area contributed by atoms with Crippen LogP contribution < -0.4 is 4.72 Å². The molecule has 0 spiro atoms. The zero-order valence-electron chi connectivity index (χ0n) is 19.9. The van der Waals surface area contributed by atoms with Crippen LogP contribution in [-0.2, 0) is 16.6 Å². The molecule has 6 rings (SSSR count). The molecule has 0 saturated heterocycles. The van der Waals surface area contributed by atoms with Crippen LogP contribution in [0.25, 0.3) is 55.7 Å². The Morgan fingerprint density at radius 2 is 1.87 bits per heavy atom. The molecular weight excluding hydrogens is 509 g/mol. The summed E-state index contributed by atoms with van der Waals surface area (Å²) in [6, 6.07) is 11.6. The summed E-state index contributed by atoms with van der Waals surface area (Å²) in [5.74, 6) is -0.438. The monoisotopic (exact) mass is 529 g/mol. The largest absolute Gasteiger partial charge is 0.506 e. The van der Waals surface area contributed by atoms with Gasteiger partial charge in [0.05, 0.1) is 35.6 Å². The average molecular weight is 530 g/mol. The van der Waals surface area contributed by atoms with Crippen molar-refractivity contribution in [2.45, 2.75) is 6.54 Å². The fourth-order valence-electron chi connectivity index (χ4n) is 4.38. The van der Waals surface area contributed by atoms with Crippen LogP contribution in [0.15, 0.2) is 67.3 Å². The van der Waals surface area contributed by atoms with Crippen LogP contribution in [0.5, 0.6) is 5.75 Å². The minimum atomic E-state index is -3.43. The molecule has 0 atom stereocenters. The number of rotatable bonds is 6. The Labute approximate surface area is 215 Å². The highest BCUT2D eigenvalue weighted by atomic mass is 32.2. The van der Waals surface area contributed by atoms with Gasteiger partial charge in [0, 0.05) is 35.3 Å². The number of aromatic hydroxyl groups is 1. The van der Waals surface area contributed by atoms with Gasteiger partial charge in [0.25, 0.3) is 0 Å². The number of halogens is 1. The minimum absolute atomic E-state index is 0.0272. The number of benzene rings is 1. The fourth-order valence-corrected chi connectivity index (χ4v) is 4.81. The molecule has 1 aromatic carbocycles. The van der Waals surface area contributed by atoms with E-state index in [0.717, 1.165) is 28.1 Å². The summed E-state index contributed by atoms with van der Waals surface area (Å²) in [4.78, 5) is 16.2. The predicted octanol–water partition coefficient (Wildman–Crippen LogP) is 4.12. The molecule has 0 unspecified atom stereocenters.